The minimum atomic E-state index is -3.47. The second-order valence-electron chi connectivity index (χ2n) is 6.54. The predicted octanol–water partition coefficient (Wildman–Crippen LogP) is 5.52. The topological polar surface area (TPSA) is 64.9 Å². The molecule has 2 N–H and O–H groups in total. The molecule has 4 nitrogen and oxygen atoms in total. The summed E-state index contributed by atoms with van der Waals surface area (Å²) >= 11 is 11.6. The van der Waals surface area contributed by atoms with Crippen LogP contribution >= 0.6 is 23.2 Å². The third-order valence-electron chi connectivity index (χ3n) is 4.74. The molecule has 2 aromatic carbocycles. The highest BCUT2D eigenvalue weighted by molar-refractivity contribution is 6.42. The second kappa shape index (κ2) is 6.86. The van der Waals surface area contributed by atoms with Gasteiger partial charge in [-0.05, 0) is 54.7 Å². The molecule has 1 unspecified atom stereocenters. The number of hydrogen-bond donors (Lipinski definition) is 1. The minimum Gasteiger partial charge on any atom is -0.334 e. The molecule has 1 atom stereocenters. The highest BCUT2D eigenvalue weighted by Gasteiger charge is 2.40. The summed E-state index contributed by atoms with van der Waals surface area (Å²) in [6, 6.07) is 9.13. The van der Waals surface area contributed by atoms with Crippen molar-refractivity contribution < 1.29 is 13.3 Å². The Kier molecular flexibility index (Phi) is 4.66. The van der Waals surface area contributed by atoms with E-state index in [0.29, 0.717) is 5.56 Å². The zero-order valence-corrected chi connectivity index (χ0v) is 15.6. The number of hydrogen-bond acceptors (Lipinski definition) is 4. The smallest absolute Gasteiger partial charge is 0.334 e. The maximum atomic E-state index is 14.8. The summed E-state index contributed by atoms with van der Waals surface area (Å²) < 4.78 is 34.6. The number of halogens is 4. The lowest BCUT2D eigenvalue weighted by Crippen LogP contribution is -2.17. The van der Waals surface area contributed by atoms with E-state index < -0.39 is 11.7 Å². The molecular weight excluding hydrogens is 395 g/mol. The summed E-state index contributed by atoms with van der Waals surface area (Å²) in [6.45, 7) is 0. The summed E-state index contributed by atoms with van der Waals surface area (Å²) in [5.74, 6) is -4.16. The first-order valence-corrected chi connectivity index (χ1v) is 9.18. The number of benzene rings is 2. The Morgan fingerprint density at radius 1 is 1.11 bits per heavy atom. The van der Waals surface area contributed by atoms with Crippen LogP contribution < -0.4 is 5.73 Å². The van der Waals surface area contributed by atoms with Crippen LogP contribution in [0.2, 0.25) is 10.0 Å². The second-order valence-corrected chi connectivity index (χ2v) is 7.35. The normalized spacial score (nSPS) is 17.0. The molecule has 0 saturated heterocycles. The predicted molar refractivity (Wildman–Crippen MR) is 99.1 cm³/mol. The fourth-order valence-corrected chi connectivity index (χ4v) is 3.57. The molecule has 4 rings (SSSR count). The van der Waals surface area contributed by atoms with Gasteiger partial charge in [0, 0.05) is 17.2 Å². The highest BCUT2D eigenvalue weighted by atomic mass is 35.5. The van der Waals surface area contributed by atoms with E-state index in [1.54, 1.807) is 6.07 Å². The summed E-state index contributed by atoms with van der Waals surface area (Å²) in [4.78, 5) is 3.91. The van der Waals surface area contributed by atoms with Crippen molar-refractivity contribution in [2.45, 2.75) is 31.2 Å². The lowest BCUT2D eigenvalue weighted by molar-refractivity contribution is 0.0304. The van der Waals surface area contributed by atoms with E-state index >= 15 is 0 Å². The SMILES string of the molecule is NC1CCCc2cc(-c3nc(C(F)(F)c4ccc(Cl)c(Cl)c4)no3)ccc21. The third-order valence-corrected chi connectivity index (χ3v) is 5.48. The fraction of sp³-hybridized carbons (Fsp3) is 0.263. The number of rotatable bonds is 3. The summed E-state index contributed by atoms with van der Waals surface area (Å²) in [6.07, 6.45) is 2.81. The molecule has 0 spiro atoms. The first kappa shape index (κ1) is 18.3. The van der Waals surface area contributed by atoms with Crippen molar-refractivity contribution in [2.75, 3.05) is 0 Å². The van der Waals surface area contributed by atoms with Gasteiger partial charge < -0.3 is 10.3 Å². The van der Waals surface area contributed by atoms with E-state index in [0.717, 1.165) is 36.5 Å². The zero-order chi connectivity index (χ0) is 19.2. The van der Waals surface area contributed by atoms with Gasteiger partial charge in [0.15, 0.2) is 0 Å². The van der Waals surface area contributed by atoms with E-state index in [2.05, 4.69) is 10.1 Å². The number of alkyl halides is 2. The van der Waals surface area contributed by atoms with Crippen molar-refractivity contribution in [3.05, 3.63) is 69.0 Å². The molecule has 0 saturated carbocycles. The van der Waals surface area contributed by atoms with Gasteiger partial charge in [-0.2, -0.15) is 13.8 Å². The molecule has 0 fully saturated rings. The van der Waals surface area contributed by atoms with Crippen LogP contribution in [0.4, 0.5) is 8.78 Å². The highest BCUT2D eigenvalue weighted by Crippen LogP contribution is 2.38. The molecule has 8 heteroatoms. The van der Waals surface area contributed by atoms with E-state index in [9.17, 15) is 8.78 Å². The maximum absolute atomic E-state index is 14.8. The zero-order valence-electron chi connectivity index (χ0n) is 14.1. The van der Waals surface area contributed by atoms with E-state index in [1.165, 1.54) is 12.1 Å². The molecule has 27 heavy (non-hydrogen) atoms. The average molecular weight is 410 g/mol. The third kappa shape index (κ3) is 3.33. The van der Waals surface area contributed by atoms with Gasteiger partial charge in [-0.25, -0.2) is 0 Å². The number of aromatic nitrogens is 2. The lowest BCUT2D eigenvalue weighted by atomic mass is 9.87. The van der Waals surface area contributed by atoms with Crippen LogP contribution in [0.3, 0.4) is 0 Å². The fourth-order valence-electron chi connectivity index (χ4n) is 3.27. The van der Waals surface area contributed by atoms with Crippen molar-refractivity contribution in [3.8, 4) is 11.5 Å². The Morgan fingerprint density at radius 3 is 2.70 bits per heavy atom. The molecule has 0 amide bonds. The molecule has 0 radical (unpaired) electrons. The van der Waals surface area contributed by atoms with Crippen molar-refractivity contribution in [2.24, 2.45) is 5.73 Å². The summed E-state index contributed by atoms with van der Waals surface area (Å²) in [5, 5.41) is 3.71. The molecule has 0 bridgehead atoms. The maximum Gasteiger partial charge on any atom is 0.335 e. The van der Waals surface area contributed by atoms with Crippen molar-refractivity contribution in [1.29, 1.82) is 0 Å². The van der Waals surface area contributed by atoms with E-state index in [4.69, 9.17) is 33.5 Å². The van der Waals surface area contributed by atoms with Gasteiger partial charge in [-0.3, -0.25) is 0 Å². The van der Waals surface area contributed by atoms with Crippen LogP contribution in [0.1, 0.15) is 41.4 Å². The Morgan fingerprint density at radius 2 is 1.93 bits per heavy atom. The lowest BCUT2D eigenvalue weighted by Gasteiger charge is -2.22. The largest absolute Gasteiger partial charge is 0.335 e. The van der Waals surface area contributed by atoms with Crippen molar-refractivity contribution in [3.63, 3.8) is 0 Å². The number of nitrogens with zero attached hydrogens (tertiary/aromatic N) is 2. The van der Waals surface area contributed by atoms with Gasteiger partial charge in [0.25, 0.3) is 5.89 Å². The number of aryl methyl sites for hydroxylation is 1. The Labute approximate surface area is 164 Å². The van der Waals surface area contributed by atoms with Gasteiger partial charge >= 0.3 is 5.92 Å². The minimum absolute atomic E-state index is 0.0000303. The van der Waals surface area contributed by atoms with Crippen LogP contribution in [0.15, 0.2) is 40.9 Å². The quantitative estimate of drug-likeness (QED) is 0.618. The van der Waals surface area contributed by atoms with Crippen molar-refractivity contribution in [1.82, 2.24) is 10.1 Å². The average Bonchev–Trinajstić information content (AvgIpc) is 3.15. The van der Waals surface area contributed by atoms with Crippen LogP contribution in [0.5, 0.6) is 0 Å². The van der Waals surface area contributed by atoms with Crippen LogP contribution in [0, 0.1) is 0 Å². The molecular formula is C19H15Cl2F2N3O. The molecule has 1 aliphatic carbocycles. The standard InChI is InChI=1S/C19H15Cl2F2N3O/c20-14-7-5-12(9-15(14)21)19(22,23)18-25-17(27-26-18)11-4-6-13-10(8-11)2-1-3-16(13)24/h4-9,16H,1-3,24H2. The molecule has 140 valence electrons. The summed E-state index contributed by atoms with van der Waals surface area (Å²) in [7, 11) is 0. The van der Waals surface area contributed by atoms with Crippen molar-refractivity contribution >= 4 is 23.2 Å². The van der Waals surface area contributed by atoms with Gasteiger partial charge in [0.1, 0.15) is 0 Å². The van der Waals surface area contributed by atoms with E-state index in [1.807, 2.05) is 12.1 Å². The van der Waals surface area contributed by atoms with Crippen LogP contribution in [0.25, 0.3) is 11.5 Å². The number of fused-ring (bicyclic) bond motifs is 1. The van der Waals surface area contributed by atoms with Gasteiger partial charge in [0.05, 0.1) is 10.0 Å². The number of nitrogens with two attached hydrogens (primary N) is 1. The molecule has 3 aromatic rings. The monoisotopic (exact) mass is 409 g/mol. The molecule has 1 aromatic heterocycles. The molecule has 1 heterocycles. The van der Waals surface area contributed by atoms with Gasteiger partial charge in [-0.15, -0.1) is 0 Å². The summed E-state index contributed by atoms with van der Waals surface area (Å²) in [5.41, 5.74) is 8.50. The Hall–Kier alpha value is -2.02. The first-order valence-electron chi connectivity index (χ1n) is 8.42. The Balaban J connectivity index is 1.68. The van der Waals surface area contributed by atoms with Crippen LogP contribution in [-0.4, -0.2) is 10.1 Å². The van der Waals surface area contributed by atoms with Gasteiger partial charge in [-0.1, -0.05) is 40.5 Å². The Bertz CT molecular complexity index is 1010. The first-order chi connectivity index (χ1) is 12.9. The molecule has 0 aliphatic heterocycles. The molecule has 1 aliphatic rings. The van der Waals surface area contributed by atoms with E-state index in [-0.39, 0.29) is 27.5 Å². The van der Waals surface area contributed by atoms with Crippen LogP contribution in [-0.2, 0) is 12.3 Å². The van der Waals surface area contributed by atoms with Gasteiger partial charge in [0.2, 0.25) is 5.82 Å².